The Bertz CT molecular complexity index is 288. The third kappa shape index (κ3) is 2.25. The molecule has 3 nitrogen and oxygen atoms in total. The number of para-hydroxylation sites is 1. The van der Waals surface area contributed by atoms with Gasteiger partial charge in [0.2, 0.25) is 5.12 Å². The van der Waals surface area contributed by atoms with Gasteiger partial charge in [-0.3, -0.25) is 4.79 Å². The van der Waals surface area contributed by atoms with Crippen LogP contribution in [0.25, 0.3) is 0 Å². The number of benzene rings is 1. The lowest BCUT2D eigenvalue weighted by Crippen LogP contribution is -2.08. The lowest BCUT2D eigenvalue weighted by molar-refractivity contribution is -0.109. The molecule has 1 aromatic rings. The summed E-state index contributed by atoms with van der Waals surface area (Å²) in [5.41, 5.74) is 5.12. The van der Waals surface area contributed by atoms with Gasteiger partial charge in [-0.15, -0.1) is 0 Å². The molecular formula is C8H9NO2S. The summed E-state index contributed by atoms with van der Waals surface area (Å²) in [5, 5.41) is 9.09. The molecule has 0 fully saturated rings. The second-order valence-corrected chi connectivity index (χ2v) is 3.25. The quantitative estimate of drug-likeness (QED) is 0.670. The third-order valence-corrected chi connectivity index (χ3v) is 2.22. The number of nitrogens with two attached hydrogens (primary N) is 1. The number of rotatable bonds is 2. The van der Waals surface area contributed by atoms with E-state index in [9.17, 15) is 9.90 Å². The standard InChI is InChI=1S/C8H9NO2S/c9-5-8(11)12-7-4-2-1-3-6(7)10/h1-4,10H,5,9H2. The van der Waals surface area contributed by atoms with E-state index in [1.54, 1.807) is 18.2 Å². The van der Waals surface area contributed by atoms with Gasteiger partial charge in [-0.1, -0.05) is 12.1 Å². The molecule has 64 valence electrons. The Morgan fingerprint density at radius 1 is 1.50 bits per heavy atom. The minimum Gasteiger partial charge on any atom is -0.507 e. The molecule has 12 heavy (non-hydrogen) atoms. The van der Waals surface area contributed by atoms with Crippen molar-refractivity contribution in [2.45, 2.75) is 4.90 Å². The van der Waals surface area contributed by atoms with Crippen molar-refractivity contribution in [3.8, 4) is 5.75 Å². The van der Waals surface area contributed by atoms with E-state index in [1.165, 1.54) is 6.07 Å². The molecule has 1 rings (SSSR count). The van der Waals surface area contributed by atoms with Gasteiger partial charge < -0.3 is 10.8 Å². The highest BCUT2D eigenvalue weighted by Gasteiger charge is 2.05. The summed E-state index contributed by atoms with van der Waals surface area (Å²) >= 11 is 0.956. The van der Waals surface area contributed by atoms with Gasteiger partial charge >= 0.3 is 0 Å². The summed E-state index contributed by atoms with van der Waals surface area (Å²) in [4.78, 5) is 11.4. The van der Waals surface area contributed by atoms with E-state index in [4.69, 9.17) is 5.73 Å². The Hall–Kier alpha value is -1.00. The second-order valence-electron chi connectivity index (χ2n) is 2.15. The molecule has 0 amide bonds. The Labute approximate surface area is 74.6 Å². The smallest absolute Gasteiger partial charge is 0.207 e. The highest BCUT2D eigenvalue weighted by Crippen LogP contribution is 2.27. The molecule has 0 aromatic heterocycles. The monoisotopic (exact) mass is 183 g/mol. The highest BCUT2D eigenvalue weighted by atomic mass is 32.2. The number of aromatic hydroxyl groups is 1. The van der Waals surface area contributed by atoms with E-state index in [1.807, 2.05) is 0 Å². The Morgan fingerprint density at radius 3 is 2.75 bits per heavy atom. The normalized spacial score (nSPS) is 9.75. The zero-order valence-corrected chi connectivity index (χ0v) is 7.17. The molecule has 4 heteroatoms. The molecule has 0 saturated heterocycles. The topological polar surface area (TPSA) is 63.3 Å². The van der Waals surface area contributed by atoms with Crippen LogP contribution in [0.4, 0.5) is 0 Å². The van der Waals surface area contributed by atoms with E-state index in [2.05, 4.69) is 0 Å². The number of phenols is 1. The minimum atomic E-state index is -0.156. The third-order valence-electron chi connectivity index (χ3n) is 1.26. The van der Waals surface area contributed by atoms with Gasteiger partial charge in [0.1, 0.15) is 5.75 Å². The van der Waals surface area contributed by atoms with E-state index >= 15 is 0 Å². The van der Waals surface area contributed by atoms with Crippen molar-refractivity contribution in [1.29, 1.82) is 0 Å². The number of phenolic OH excluding ortho intramolecular Hbond substituents is 1. The molecule has 0 saturated carbocycles. The van der Waals surface area contributed by atoms with Crippen LogP contribution in [0.15, 0.2) is 29.2 Å². The van der Waals surface area contributed by atoms with Crippen molar-refractivity contribution < 1.29 is 9.90 Å². The fourth-order valence-corrected chi connectivity index (χ4v) is 1.36. The number of carbonyl (C=O) groups excluding carboxylic acids is 1. The number of hydrogen-bond donors (Lipinski definition) is 2. The summed E-state index contributed by atoms with van der Waals surface area (Å²) in [6.07, 6.45) is 0. The fraction of sp³-hybridized carbons (Fsp3) is 0.125. The Balaban J connectivity index is 2.75. The number of thioether (sulfide) groups is 1. The SMILES string of the molecule is NCC(=O)Sc1ccccc1O. The van der Waals surface area contributed by atoms with E-state index in [0.717, 1.165) is 11.8 Å². The predicted molar refractivity (Wildman–Crippen MR) is 48.0 cm³/mol. The maximum Gasteiger partial charge on any atom is 0.207 e. The van der Waals surface area contributed by atoms with Crippen LogP contribution in [0, 0.1) is 0 Å². The first-order chi connectivity index (χ1) is 5.74. The van der Waals surface area contributed by atoms with E-state index in [0.29, 0.717) is 4.90 Å². The molecule has 0 aliphatic carbocycles. The highest BCUT2D eigenvalue weighted by molar-refractivity contribution is 8.13. The molecule has 0 bridgehead atoms. The van der Waals surface area contributed by atoms with Crippen LogP contribution in [-0.2, 0) is 4.79 Å². The van der Waals surface area contributed by atoms with Crippen molar-refractivity contribution >= 4 is 16.9 Å². The first-order valence-electron chi connectivity index (χ1n) is 3.43. The zero-order valence-electron chi connectivity index (χ0n) is 6.36. The zero-order chi connectivity index (χ0) is 8.97. The molecule has 0 radical (unpaired) electrons. The molecule has 1 aromatic carbocycles. The van der Waals surface area contributed by atoms with Crippen LogP contribution >= 0.6 is 11.8 Å². The van der Waals surface area contributed by atoms with Gasteiger partial charge in [0.05, 0.1) is 11.4 Å². The maximum absolute atomic E-state index is 10.9. The molecule has 0 aliphatic heterocycles. The Morgan fingerprint density at radius 2 is 2.17 bits per heavy atom. The number of hydrogen-bond acceptors (Lipinski definition) is 4. The summed E-state index contributed by atoms with van der Waals surface area (Å²) in [6.45, 7) is -0.0149. The van der Waals surface area contributed by atoms with Crippen LogP contribution in [0.2, 0.25) is 0 Å². The molecule has 0 unspecified atom stereocenters. The molecule has 0 heterocycles. The van der Waals surface area contributed by atoms with Crippen molar-refractivity contribution in [1.82, 2.24) is 0 Å². The van der Waals surface area contributed by atoms with Gasteiger partial charge in [-0.05, 0) is 23.9 Å². The van der Waals surface area contributed by atoms with Crippen molar-refractivity contribution in [2.24, 2.45) is 5.73 Å². The van der Waals surface area contributed by atoms with Crippen LogP contribution in [0.3, 0.4) is 0 Å². The van der Waals surface area contributed by atoms with Gasteiger partial charge in [0.25, 0.3) is 0 Å². The summed E-state index contributed by atoms with van der Waals surface area (Å²) in [5.74, 6) is 0.115. The Kier molecular flexibility index (Phi) is 3.13. The van der Waals surface area contributed by atoms with Gasteiger partial charge in [0, 0.05) is 0 Å². The van der Waals surface area contributed by atoms with Crippen LogP contribution in [-0.4, -0.2) is 16.8 Å². The molecule has 0 aliphatic rings. The summed E-state index contributed by atoms with van der Waals surface area (Å²) in [6, 6.07) is 6.66. The van der Waals surface area contributed by atoms with Crippen molar-refractivity contribution in [2.75, 3.05) is 6.54 Å². The summed E-state index contributed by atoms with van der Waals surface area (Å²) < 4.78 is 0. The van der Waals surface area contributed by atoms with Crippen LogP contribution in [0.5, 0.6) is 5.75 Å². The lowest BCUT2D eigenvalue weighted by Gasteiger charge is -2.00. The van der Waals surface area contributed by atoms with Crippen molar-refractivity contribution in [3.63, 3.8) is 0 Å². The molecule has 0 atom stereocenters. The average Bonchev–Trinajstić information content (AvgIpc) is 2.09. The average molecular weight is 183 g/mol. The minimum absolute atomic E-state index is 0.0149. The van der Waals surface area contributed by atoms with Gasteiger partial charge in [-0.25, -0.2) is 0 Å². The van der Waals surface area contributed by atoms with E-state index < -0.39 is 0 Å². The first-order valence-corrected chi connectivity index (χ1v) is 4.24. The predicted octanol–water partition coefficient (Wildman–Crippen LogP) is 0.970. The van der Waals surface area contributed by atoms with Crippen LogP contribution < -0.4 is 5.73 Å². The summed E-state index contributed by atoms with van der Waals surface area (Å²) in [7, 11) is 0. The number of carbonyl (C=O) groups is 1. The van der Waals surface area contributed by atoms with Crippen molar-refractivity contribution in [3.05, 3.63) is 24.3 Å². The fourth-order valence-electron chi connectivity index (χ4n) is 0.708. The van der Waals surface area contributed by atoms with Gasteiger partial charge in [-0.2, -0.15) is 0 Å². The molecule has 0 spiro atoms. The largest absolute Gasteiger partial charge is 0.507 e. The van der Waals surface area contributed by atoms with Crippen LogP contribution in [0.1, 0.15) is 0 Å². The lowest BCUT2D eigenvalue weighted by atomic mass is 10.3. The maximum atomic E-state index is 10.9. The van der Waals surface area contributed by atoms with Gasteiger partial charge in [0.15, 0.2) is 0 Å². The second kappa shape index (κ2) is 4.13. The molecule has 3 N–H and O–H groups in total. The van der Waals surface area contributed by atoms with E-state index in [-0.39, 0.29) is 17.4 Å². The first kappa shape index (κ1) is 9.09. The molecular weight excluding hydrogens is 174 g/mol.